The fraction of sp³-hybridized carbons (Fsp3) is 0. The van der Waals surface area contributed by atoms with E-state index in [1.165, 1.54) is 0 Å². The van der Waals surface area contributed by atoms with Gasteiger partial charge >= 0.3 is 0 Å². The van der Waals surface area contributed by atoms with Crippen molar-refractivity contribution >= 4 is 10.8 Å². The van der Waals surface area contributed by atoms with E-state index in [9.17, 15) is 0 Å². The van der Waals surface area contributed by atoms with Gasteiger partial charge in [0.2, 0.25) is 0 Å². The van der Waals surface area contributed by atoms with E-state index in [4.69, 9.17) is 4.42 Å². The van der Waals surface area contributed by atoms with Crippen LogP contribution in [0.2, 0.25) is 0 Å². The zero-order valence-corrected chi connectivity index (χ0v) is 4.72. The van der Waals surface area contributed by atoms with Crippen molar-refractivity contribution in [2.24, 2.45) is 0 Å². The minimum absolute atomic E-state index is 0.984. The smallest absolute Gasteiger partial charge is 0.0987 e. The van der Waals surface area contributed by atoms with Gasteiger partial charge in [-0.05, 0) is 12.1 Å². The van der Waals surface area contributed by atoms with Gasteiger partial charge in [-0.1, -0.05) is 12.1 Å². The quantitative estimate of drug-likeness (QED) is 0.513. The van der Waals surface area contributed by atoms with Crippen molar-refractivity contribution in [1.29, 1.82) is 0 Å². The van der Waals surface area contributed by atoms with Gasteiger partial charge in [0, 0.05) is 10.8 Å². The maximum Gasteiger partial charge on any atom is 0.0987 e. The lowest BCUT2D eigenvalue weighted by Crippen LogP contribution is -1.59. The van der Waals surface area contributed by atoms with E-state index in [1.807, 2.05) is 12.1 Å². The van der Waals surface area contributed by atoms with Crippen molar-refractivity contribution < 1.29 is 4.42 Å². The maximum atomic E-state index is 4.90. The van der Waals surface area contributed by atoms with Crippen molar-refractivity contribution in [1.82, 2.24) is 0 Å². The molecule has 0 saturated heterocycles. The molecule has 2 radical (unpaired) electrons. The lowest BCUT2D eigenvalue weighted by Gasteiger charge is -1.78. The molecule has 0 unspecified atom stereocenters. The topological polar surface area (TPSA) is 13.1 Å². The van der Waals surface area contributed by atoms with Gasteiger partial charge in [0.15, 0.2) is 0 Å². The van der Waals surface area contributed by atoms with Crippen LogP contribution < -0.4 is 0 Å². The first kappa shape index (κ1) is 4.62. The van der Waals surface area contributed by atoms with Crippen LogP contribution in [0.3, 0.4) is 0 Å². The second kappa shape index (κ2) is 1.62. The summed E-state index contributed by atoms with van der Waals surface area (Å²) in [4.78, 5) is 0. The molecule has 0 amide bonds. The van der Waals surface area contributed by atoms with Crippen LogP contribution in [0.25, 0.3) is 10.8 Å². The minimum atomic E-state index is 0.984. The van der Waals surface area contributed by atoms with E-state index in [1.54, 1.807) is 12.5 Å². The first-order valence-corrected chi connectivity index (χ1v) is 2.71. The van der Waals surface area contributed by atoms with E-state index in [-0.39, 0.29) is 0 Å². The summed E-state index contributed by atoms with van der Waals surface area (Å²) in [7, 11) is 0. The molecule has 2 aromatic rings. The van der Waals surface area contributed by atoms with Crippen LogP contribution in [0.4, 0.5) is 0 Å². The average molecular weight is 116 g/mol. The zero-order chi connectivity index (χ0) is 6.10. The minimum Gasteiger partial charge on any atom is -0.471 e. The van der Waals surface area contributed by atoms with Crippen molar-refractivity contribution in [3.05, 3.63) is 36.8 Å². The van der Waals surface area contributed by atoms with E-state index >= 15 is 0 Å². The van der Waals surface area contributed by atoms with Crippen molar-refractivity contribution in [3.63, 3.8) is 0 Å². The summed E-state index contributed by atoms with van der Waals surface area (Å²) in [6, 6.07) is 9.65. The Bertz CT molecular complexity index is 279. The summed E-state index contributed by atoms with van der Waals surface area (Å²) in [6.45, 7) is 0. The lowest BCUT2D eigenvalue weighted by molar-refractivity contribution is 0.572. The predicted molar refractivity (Wildman–Crippen MR) is 33.9 cm³/mol. The third-order valence-electron chi connectivity index (χ3n) is 1.22. The lowest BCUT2D eigenvalue weighted by atomic mass is 10.2. The average Bonchev–Trinajstić information content (AvgIpc) is 2.33. The summed E-state index contributed by atoms with van der Waals surface area (Å²) < 4.78 is 4.90. The summed E-state index contributed by atoms with van der Waals surface area (Å²) in [5.74, 6) is 0. The second-order valence-electron chi connectivity index (χ2n) is 1.82. The molecule has 1 heterocycles. The molecular weight excluding hydrogens is 112 g/mol. The zero-order valence-electron chi connectivity index (χ0n) is 4.72. The first-order valence-electron chi connectivity index (χ1n) is 2.71. The molecule has 0 atom stereocenters. The third-order valence-corrected chi connectivity index (χ3v) is 1.22. The molecule has 0 bridgehead atoms. The van der Waals surface area contributed by atoms with Crippen molar-refractivity contribution in [2.45, 2.75) is 0 Å². The van der Waals surface area contributed by atoms with Crippen LogP contribution in [-0.2, 0) is 0 Å². The molecule has 1 aromatic carbocycles. The van der Waals surface area contributed by atoms with Crippen LogP contribution >= 0.6 is 0 Å². The van der Waals surface area contributed by atoms with E-state index < -0.39 is 0 Å². The fourth-order valence-electron chi connectivity index (χ4n) is 0.784. The predicted octanol–water partition coefficient (Wildman–Crippen LogP) is 2.03. The Morgan fingerprint density at radius 3 is 2.11 bits per heavy atom. The molecule has 0 spiro atoms. The number of hydrogen-bond donors (Lipinski definition) is 0. The molecule has 1 nitrogen and oxygen atoms in total. The van der Waals surface area contributed by atoms with Gasteiger partial charge in [-0.2, -0.15) is 0 Å². The first-order chi connectivity index (χ1) is 4.47. The highest BCUT2D eigenvalue weighted by Crippen LogP contribution is 2.11. The van der Waals surface area contributed by atoms with Crippen LogP contribution in [0, 0.1) is 12.1 Å². The standard InChI is InChI=1S/C8H4O/c1-2-4-8-6-9-5-7(8)3-1/h1-2,5-6H. The molecule has 9 heavy (non-hydrogen) atoms. The summed E-state index contributed by atoms with van der Waals surface area (Å²) >= 11 is 0. The van der Waals surface area contributed by atoms with Gasteiger partial charge in [0.05, 0.1) is 12.5 Å². The molecule has 1 heteroatoms. The molecule has 0 aliphatic heterocycles. The Morgan fingerprint density at radius 1 is 1.00 bits per heavy atom. The highest BCUT2D eigenvalue weighted by atomic mass is 16.3. The monoisotopic (exact) mass is 116 g/mol. The molecule has 0 aliphatic carbocycles. The van der Waals surface area contributed by atoms with Crippen molar-refractivity contribution in [2.75, 3.05) is 0 Å². The van der Waals surface area contributed by atoms with Gasteiger partial charge in [-0.15, -0.1) is 0 Å². The van der Waals surface area contributed by atoms with Crippen LogP contribution in [0.1, 0.15) is 0 Å². The normalized spacial score (nSPS) is 10.2. The molecule has 0 N–H and O–H groups in total. The van der Waals surface area contributed by atoms with Gasteiger partial charge in [-0.25, -0.2) is 0 Å². The number of furan rings is 1. The molecule has 0 saturated carbocycles. The van der Waals surface area contributed by atoms with Gasteiger partial charge in [-0.3, -0.25) is 0 Å². The third kappa shape index (κ3) is 0.617. The highest BCUT2D eigenvalue weighted by Gasteiger charge is 1.90. The fourth-order valence-corrected chi connectivity index (χ4v) is 0.784. The molecule has 0 aliphatic rings. The molecule has 2 rings (SSSR count). The second-order valence-corrected chi connectivity index (χ2v) is 1.82. The Morgan fingerprint density at radius 2 is 1.56 bits per heavy atom. The summed E-state index contributed by atoms with van der Waals surface area (Å²) in [6.07, 6.45) is 3.32. The van der Waals surface area contributed by atoms with Gasteiger partial charge < -0.3 is 4.42 Å². The van der Waals surface area contributed by atoms with Gasteiger partial charge in [0.25, 0.3) is 0 Å². The van der Waals surface area contributed by atoms with Crippen molar-refractivity contribution in [3.8, 4) is 0 Å². The Labute approximate surface area is 52.9 Å². The van der Waals surface area contributed by atoms with Crippen LogP contribution in [0.15, 0.2) is 29.1 Å². The van der Waals surface area contributed by atoms with E-state index in [2.05, 4.69) is 12.1 Å². The Kier molecular flexibility index (Phi) is 0.833. The maximum absolute atomic E-state index is 4.90. The largest absolute Gasteiger partial charge is 0.471 e. The van der Waals surface area contributed by atoms with E-state index in [0.717, 1.165) is 10.8 Å². The number of hydrogen-bond acceptors (Lipinski definition) is 1. The van der Waals surface area contributed by atoms with Crippen LogP contribution in [0.5, 0.6) is 0 Å². The number of benzene rings is 1. The summed E-state index contributed by atoms with van der Waals surface area (Å²) in [5, 5.41) is 1.97. The Balaban J connectivity index is 2.95. The highest BCUT2D eigenvalue weighted by molar-refractivity contribution is 5.79. The molecule has 42 valence electrons. The molecular formula is C8H4O. The number of rotatable bonds is 0. The SMILES string of the molecule is [c]1cc[c]c2cocc12. The van der Waals surface area contributed by atoms with Gasteiger partial charge in [0.1, 0.15) is 0 Å². The number of fused-ring (bicyclic) bond motifs is 1. The summed E-state index contributed by atoms with van der Waals surface area (Å²) in [5.41, 5.74) is 0. The molecule has 1 aromatic heterocycles. The Hall–Kier alpha value is -1.24. The van der Waals surface area contributed by atoms with Crippen LogP contribution in [-0.4, -0.2) is 0 Å². The van der Waals surface area contributed by atoms with E-state index in [0.29, 0.717) is 0 Å². The molecule has 0 fully saturated rings.